The lowest BCUT2D eigenvalue weighted by Crippen LogP contribution is -3.13. The molecule has 3 N–H and O–H groups in total. The van der Waals surface area contributed by atoms with Crippen LogP contribution in [0.1, 0.15) is 43.0 Å². The van der Waals surface area contributed by atoms with Crippen LogP contribution in [0.25, 0.3) is 0 Å². The maximum Gasteiger partial charge on any atom is 0.315 e. The number of ether oxygens (including phenoxy) is 2. The first-order chi connectivity index (χ1) is 15.0. The van der Waals surface area contributed by atoms with Crippen molar-refractivity contribution in [2.45, 2.75) is 45.3 Å². The summed E-state index contributed by atoms with van der Waals surface area (Å²) < 4.78 is 24.8. The third-order valence-corrected chi connectivity index (χ3v) is 5.85. The maximum absolute atomic E-state index is 13.8. The molecule has 7 heteroatoms. The van der Waals surface area contributed by atoms with E-state index in [-0.39, 0.29) is 23.9 Å². The zero-order chi connectivity index (χ0) is 22.4. The smallest absolute Gasteiger partial charge is 0.315 e. The van der Waals surface area contributed by atoms with Crippen molar-refractivity contribution in [3.8, 4) is 11.5 Å². The number of urea groups is 1. The predicted molar refractivity (Wildman–Crippen MR) is 118 cm³/mol. The molecule has 0 aliphatic carbocycles. The second-order valence-corrected chi connectivity index (χ2v) is 8.04. The Morgan fingerprint density at radius 3 is 2.65 bits per heavy atom. The number of benzene rings is 2. The van der Waals surface area contributed by atoms with Crippen LogP contribution >= 0.6 is 0 Å². The van der Waals surface area contributed by atoms with Gasteiger partial charge in [-0.2, -0.15) is 0 Å². The van der Waals surface area contributed by atoms with Crippen molar-refractivity contribution in [2.24, 2.45) is 0 Å². The Hall–Kier alpha value is -2.80. The molecular formula is C24H33FN3O3+. The van der Waals surface area contributed by atoms with Crippen molar-refractivity contribution < 1.29 is 23.6 Å². The van der Waals surface area contributed by atoms with E-state index in [1.54, 1.807) is 26.4 Å². The highest BCUT2D eigenvalue weighted by atomic mass is 19.1. The van der Waals surface area contributed by atoms with Crippen LogP contribution in [-0.4, -0.2) is 39.4 Å². The molecular weight excluding hydrogens is 397 g/mol. The van der Waals surface area contributed by atoms with Crippen LogP contribution in [-0.2, 0) is 13.0 Å². The first kappa shape index (κ1) is 22.9. The quantitative estimate of drug-likeness (QED) is 0.603. The highest BCUT2D eigenvalue weighted by Gasteiger charge is 2.37. The van der Waals surface area contributed by atoms with Gasteiger partial charge in [-0.25, -0.2) is 9.18 Å². The van der Waals surface area contributed by atoms with Crippen LogP contribution in [0.2, 0.25) is 0 Å². The van der Waals surface area contributed by atoms with E-state index in [1.165, 1.54) is 16.5 Å². The van der Waals surface area contributed by atoms with Crippen LogP contribution < -0.4 is 25.0 Å². The van der Waals surface area contributed by atoms with E-state index in [2.05, 4.69) is 10.6 Å². The minimum Gasteiger partial charge on any atom is -0.493 e. The van der Waals surface area contributed by atoms with Gasteiger partial charge in [0.15, 0.2) is 11.5 Å². The molecule has 1 unspecified atom stereocenters. The van der Waals surface area contributed by atoms with Gasteiger partial charge in [0, 0.05) is 24.1 Å². The first-order valence-electron chi connectivity index (χ1n) is 10.8. The monoisotopic (exact) mass is 430 g/mol. The second kappa shape index (κ2) is 10.5. The fourth-order valence-corrected chi connectivity index (χ4v) is 4.42. The number of hydrogen-bond donors (Lipinski definition) is 3. The van der Waals surface area contributed by atoms with Crippen LogP contribution in [0.5, 0.6) is 11.5 Å². The lowest BCUT2D eigenvalue weighted by Gasteiger charge is -2.38. The van der Waals surface area contributed by atoms with E-state index < -0.39 is 0 Å². The van der Waals surface area contributed by atoms with Crippen molar-refractivity contribution in [2.75, 3.05) is 27.3 Å². The van der Waals surface area contributed by atoms with E-state index in [1.807, 2.05) is 32.0 Å². The highest BCUT2D eigenvalue weighted by Crippen LogP contribution is 2.35. The standard InChI is InChI=1S/C24H32FN3O3/c1-5-10-26-24(29)27-16(2)23-20-14-22(31-4)21(30-3)13-18(20)9-11-28(23)15-17-7-6-8-19(25)12-17/h6-8,12-14,16,23H,5,9-11,15H2,1-4H3,(H2,26,27,29)/p+1/t16-,23-/m1/s1. The largest absolute Gasteiger partial charge is 0.493 e. The summed E-state index contributed by atoms with van der Waals surface area (Å²) in [5.41, 5.74) is 3.25. The van der Waals surface area contributed by atoms with E-state index in [0.29, 0.717) is 24.6 Å². The van der Waals surface area contributed by atoms with E-state index in [4.69, 9.17) is 9.47 Å². The molecule has 168 valence electrons. The highest BCUT2D eigenvalue weighted by molar-refractivity contribution is 5.74. The van der Waals surface area contributed by atoms with Gasteiger partial charge >= 0.3 is 6.03 Å². The number of amides is 2. The molecule has 0 bridgehead atoms. The van der Waals surface area contributed by atoms with Crippen LogP contribution in [0.15, 0.2) is 36.4 Å². The van der Waals surface area contributed by atoms with Crippen molar-refractivity contribution in [1.82, 2.24) is 10.6 Å². The van der Waals surface area contributed by atoms with Gasteiger partial charge in [-0.05, 0) is 43.2 Å². The maximum atomic E-state index is 13.8. The van der Waals surface area contributed by atoms with Crippen molar-refractivity contribution in [3.63, 3.8) is 0 Å². The number of carbonyl (C=O) groups is 1. The molecule has 31 heavy (non-hydrogen) atoms. The summed E-state index contributed by atoms with van der Waals surface area (Å²) in [5.74, 6) is 1.14. The number of methoxy groups -OCH3 is 2. The minimum absolute atomic E-state index is 0.0146. The molecule has 2 aromatic carbocycles. The van der Waals surface area contributed by atoms with Crippen molar-refractivity contribution in [1.29, 1.82) is 0 Å². The van der Waals surface area contributed by atoms with E-state index in [9.17, 15) is 9.18 Å². The normalized spacial score (nSPS) is 18.6. The number of hydrogen-bond acceptors (Lipinski definition) is 3. The molecule has 1 aliphatic rings. The Balaban J connectivity index is 1.94. The summed E-state index contributed by atoms with van der Waals surface area (Å²) in [4.78, 5) is 13.6. The Morgan fingerprint density at radius 2 is 1.97 bits per heavy atom. The number of fused-ring (bicyclic) bond motifs is 1. The number of quaternary nitrogens is 1. The summed E-state index contributed by atoms with van der Waals surface area (Å²) in [6.07, 6.45) is 1.74. The van der Waals surface area contributed by atoms with Gasteiger partial charge in [-0.1, -0.05) is 19.1 Å². The second-order valence-electron chi connectivity index (χ2n) is 8.04. The molecule has 0 aromatic heterocycles. The summed E-state index contributed by atoms with van der Waals surface area (Å²) in [6, 6.07) is 10.5. The number of halogens is 1. The first-order valence-corrected chi connectivity index (χ1v) is 10.8. The summed E-state index contributed by atoms with van der Waals surface area (Å²) in [6.45, 7) is 6.20. The molecule has 2 aromatic rings. The fraction of sp³-hybridized carbons (Fsp3) is 0.458. The van der Waals surface area contributed by atoms with Gasteiger partial charge in [0.25, 0.3) is 0 Å². The Kier molecular flexibility index (Phi) is 7.74. The molecule has 0 saturated carbocycles. The molecule has 6 nitrogen and oxygen atoms in total. The zero-order valence-electron chi connectivity index (χ0n) is 18.8. The zero-order valence-corrected chi connectivity index (χ0v) is 18.8. The molecule has 0 radical (unpaired) electrons. The Morgan fingerprint density at radius 1 is 1.23 bits per heavy atom. The molecule has 0 fully saturated rings. The fourth-order valence-electron chi connectivity index (χ4n) is 4.42. The molecule has 1 aliphatic heterocycles. The molecule has 0 spiro atoms. The molecule has 3 atom stereocenters. The van der Waals surface area contributed by atoms with Gasteiger partial charge in [-0.15, -0.1) is 0 Å². The third kappa shape index (κ3) is 5.47. The lowest BCUT2D eigenvalue weighted by molar-refractivity contribution is -0.948. The summed E-state index contributed by atoms with van der Waals surface area (Å²) in [7, 11) is 3.26. The summed E-state index contributed by atoms with van der Waals surface area (Å²) in [5, 5.41) is 5.99. The number of carbonyl (C=O) groups excluding carboxylic acids is 1. The summed E-state index contributed by atoms with van der Waals surface area (Å²) >= 11 is 0. The Labute approximate surface area is 183 Å². The van der Waals surface area contributed by atoms with Crippen LogP contribution in [0, 0.1) is 5.82 Å². The van der Waals surface area contributed by atoms with Gasteiger partial charge in [0.1, 0.15) is 18.4 Å². The molecule has 1 heterocycles. The molecule has 2 amide bonds. The third-order valence-electron chi connectivity index (χ3n) is 5.85. The molecule has 0 saturated heterocycles. The van der Waals surface area contributed by atoms with E-state index in [0.717, 1.165) is 30.5 Å². The van der Waals surface area contributed by atoms with Crippen molar-refractivity contribution >= 4 is 6.03 Å². The van der Waals surface area contributed by atoms with Crippen LogP contribution in [0.3, 0.4) is 0 Å². The van der Waals surface area contributed by atoms with Gasteiger partial charge in [-0.3, -0.25) is 0 Å². The molecule has 3 rings (SSSR count). The van der Waals surface area contributed by atoms with E-state index >= 15 is 0 Å². The van der Waals surface area contributed by atoms with Gasteiger partial charge < -0.3 is 25.0 Å². The van der Waals surface area contributed by atoms with Gasteiger partial charge in [0.2, 0.25) is 0 Å². The minimum atomic E-state index is -0.234. The SMILES string of the molecule is CCCNC(=O)N[C@H](C)[C@@H]1c2cc(OC)c(OC)cc2CC[NH+]1Cc1cccc(F)c1. The van der Waals surface area contributed by atoms with Gasteiger partial charge in [0.05, 0.1) is 26.8 Å². The van der Waals surface area contributed by atoms with Crippen LogP contribution in [0.4, 0.5) is 9.18 Å². The predicted octanol–water partition coefficient (Wildman–Crippen LogP) is 2.62. The number of nitrogens with one attached hydrogen (secondary N) is 3. The average molecular weight is 431 g/mol. The average Bonchev–Trinajstić information content (AvgIpc) is 2.76. The lowest BCUT2D eigenvalue weighted by atomic mass is 9.87. The number of rotatable bonds is 8. The topological polar surface area (TPSA) is 64.0 Å². The Bertz CT molecular complexity index is 906. The van der Waals surface area contributed by atoms with Crippen molar-refractivity contribution in [3.05, 3.63) is 58.9 Å².